The van der Waals surface area contributed by atoms with Gasteiger partial charge >= 0.3 is 0 Å². The molecule has 0 radical (unpaired) electrons. The first-order valence-corrected chi connectivity index (χ1v) is 7.07. The highest BCUT2D eigenvalue weighted by molar-refractivity contribution is 5.87. The van der Waals surface area contributed by atoms with Crippen LogP contribution in [0.15, 0.2) is 28.9 Å². The van der Waals surface area contributed by atoms with Crippen LogP contribution in [0, 0.1) is 6.92 Å². The largest absolute Gasteiger partial charge is 0.464 e. The molecule has 2 aromatic rings. The maximum absolute atomic E-state index is 12.0. The maximum atomic E-state index is 12.0. The first kappa shape index (κ1) is 13.2. The molecule has 1 saturated heterocycles. The molecule has 2 heterocycles. The summed E-state index contributed by atoms with van der Waals surface area (Å²) < 4.78 is 11.0. The monoisotopic (exact) mass is 273 g/mol. The molecule has 4 nitrogen and oxygen atoms in total. The average Bonchev–Trinajstić information content (AvgIpc) is 3.06. The zero-order chi connectivity index (χ0) is 13.9. The Balaban J connectivity index is 1.62. The van der Waals surface area contributed by atoms with E-state index in [2.05, 4.69) is 5.32 Å². The Morgan fingerprint density at radius 3 is 3.15 bits per heavy atom. The van der Waals surface area contributed by atoms with E-state index >= 15 is 0 Å². The molecule has 1 aromatic heterocycles. The number of ether oxygens (including phenoxy) is 1. The minimum atomic E-state index is 0.0174. The molecule has 0 aliphatic carbocycles. The third kappa shape index (κ3) is 2.85. The van der Waals surface area contributed by atoms with Crippen molar-refractivity contribution in [3.63, 3.8) is 0 Å². The Morgan fingerprint density at radius 1 is 1.45 bits per heavy atom. The van der Waals surface area contributed by atoms with Gasteiger partial charge in [0, 0.05) is 24.1 Å². The highest BCUT2D eigenvalue weighted by atomic mass is 16.5. The van der Waals surface area contributed by atoms with Crippen LogP contribution in [0.25, 0.3) is 11.0 Å². The van der Waals surface area contributed by atoms with Crippen molar-refractivity contribution in [3.8, 4) is 0 Å². The van der Waals surface area contributed by atoms with Crippen molar-refractivity contribution in [1.82, 2.24) is 5.32 Å². The van der Waals surface area contributed by atoms with Crippen molar-refractivity contribution in [2.24, 2.45) is 0 Å². The second-order valence-electron chi connectivity index (χ2n) is 5.38. The Morgan fingerprint density at radius 2 is 2.35 bits per heavy atom. The van der Waals surface area contributed by atoms with E-state index in [4.69, 9.17) is 9.15 Å². The summed E-state index contributed by atoms with van der Waals surface area (Å²) in [6.45, 7) is 3.44. The van der Waals surface area contributed by atoms with Crippen LogP contribution in [0.3, 0.4) is 0 Å². The van der Waals surface area contributed by atoms with Crippen LogP contribution in [0.4, 0.5) is 0 Å². The van der Waals surface area contributed by atoms with Crippen LogP contribution in [0.5, 0.6) is 0 Å². The molecule has 1 aliphatic rings. The highest BCUT2D eigenvalue weighted by Gasteiger charge is 2.17. The van der Waals surface area contributed by atoms with Gasteiger partial charge in [-0.2, -0.15) is 0 Å². The number of hydrogen-bond donors (Lipinski definition) is 1. The molecule has 1 fully saturated rings. The fraction of sp³-hybridized carbons (Fsp3) is 0.438. The van der Waals surface area contributed by atoms with Gasteiger partial charge in [0.05, 0.1) is 18.8 Å². The van der Waals surface area contributed by atoms with E-state index in [1.54, 1.807) is 6.26 Å². The molecule has 20 heavy (non-hydrogen) atoms. The number of carbonyl (C=O) groups excluding carboxylic acids is 1. The number of amides is 1. The average molecular weight is 273 g/mol. The Bertz CT molecular complexity index is 611. The molecule has 1 N–H and O–H groups in total. The van der Waals surface area contributed by atoms with Gasteiger partial charge < -0.3 is 14.5 Å². The lowest BCUT2D eigenvalue weighted by molar-refractivity contribution is -0.120. The summed E-state index contributed by atoms with van der Waals surface area (Å²) in [5.41, 5.74) is 2.93. The predicted octanol–water partition coefficient (Wildman–Crippen LogP) is 2.58. The summed E-state index contributed by atoms with van der Waals surface area (Å²) >= 11 is 0. The van der Waals surface area contributed by atoms with Crippen LogP contribution >= 0.6 is 0 Å². The number of furan rings is 1. The molecule has 3 rings (SSSR count). The third-order valence-electron chi connectivity index (χ3n) is 3.71. The van der Waals surface area contributed by atoms with E-state index in [-0.39, 0.29) is 12.0 Å². The SMILES string of the molecule is Cc1ccc2c(CC(=O)NCC3CCCO3)coc2c1. The van der Waals surface area contributed by atoms with Gasteiger partial charge in [0.2, 0.25) is 5.91 Å². The summed E-state index contributed by atoms with van der Waals surface area (Å²) in [7, 11) is 0. The molecule has 4 heteroatoms. The van der Waals surface area contributed by atoms with Crippen LogP contribution in [0.2, 0.25) is 0 Å². The number of rotatable bonds is 4. The van der Waals surface area contributed by atoms with E-state index in [1.165, 1.54) is 0 Å². The van der Waals surface area contributed by atoms with Crippen molar-refractivity contribution in [2.75, 3.05) is 13.2 Å². The molecule has 1 aliphatic heterocycles. The zero-order valence-corrected chi connectivity index (χ0v) is 11.6. The third-order valence-corrected chi connectivity index (χ3v) is 3.71. The number of nitrogens with one attached hydrogen (secondary N) is 1. The van der Waals surface area contributed by atoms with Crippen molar-refractivity contribution < 1.29 is 13.9 Å². The van der Waals surface area contributed by atoms with Gasteiger partial charge in [-0.15, -0.1) is 0 Å². The zero-order valence-electron chi connectivity index (χ0n) is 11.6. The smallest absolute Gasteiger partial charge is 0.224 e. The molecule has 1 unspecified atom stereocenters. The maximum Gasteiger partial charge on any atom is 0.224 e. The Hall–Kier alpha value is -1.81. The van der Waals surface area contributed by atoms with Crippen molar-refractivity contribution in [1.29, 1.82) is 0 Å². The van der Waals surface area contributed by atoms with Crippen LogP contribution in [0.1, 0.15) is 24.0 Å². The first-order valence-electron chi connectivity index (χ1n) is 7.07. The molecule has 0 bridgehead atoms. The standard InChI is InChI=1S/C16H19NO3/c1-11-4-5-14-12(10-20-15(14)7-11)8-16(18)17-9-13-3-2-6-19-13/h4-5,7,10,13H,2-3,6,8-9H2,1H3,(H,17,18). The minimum Gasteiger partial charge on any atom is -0.464 e. The summed E-state index contributed by atoms with van der Waals surface area (Å²) in [4.78, 5) is 12.0. The lowest BCUT2D eigenvalue weighted by atomic mass is 10.1. The lowest BCUT2D eigenvalue weighted by Crippen LogP contribution is -2.32. The lowest BCUT2D eigenvalue weighted by Gasteiger charge is -2.10. The van der Waals surface area contributed by atoms with Crippen molar-refractivity contribution in [2.45, 2.75) is 32.3 Å². The van der Waals surface area contributed by atoms with E-state index in [0.29, 0.717) is 13.0 Å². The normalized spacial score (nSPS) is 18.6. The van der Waals surface area contributed by atoms with Crippen LogP contribution in [-0.4, -0.2) is 25.2 Å². The van der Waals surface area contributed by atoms with Gasteiger partial charge in [-0.3, -0.25) is 4.79 Å². The van der Waals surface area contributed by atoms with E-state index in [1.807, 2.05) is 25.1 Å². The topological polar surface area (TPSA) is 51.5 Å². The summed E-state index contributed by atoms with van der Waals surface area (Å²) in [6, 6.07) is 6.03. The predicted molar refractivity (Wildman–Crippen MR) is 76.6 cm³/mol. The van der Waals surface area contributed by atoms with Crippen molar-refractivity contribution >= 4 is 16.9 Å². The Labute approximate surface area is 118 Å². The van der Waals surface area contributed by atoms with Gasteiger partial charge in [0.1, 0.15) is 5.58 Å². The Kier molecular flexibility index (Phi) is 3.74. The second-order valence-corrected chi connectivity index (χ2v) is 5.38. The fourth-order valence-electron chi connectivity index (χ4n) is 2.60. The number of aryl methyl sites for hydroxylation is 1. The van der Waals surface area contributed by atoms with Gasteiger partial charge in [0.25, 0.3) is 0 Å². The summed E-state index contributed by atoms with van der Waals surface area (Å²) in [5.74, 6) is 0.0174. The fourth-order valence-corrected chi connectivity index (χ4v) is 2.60. The highest BCUT2D eigenvalue weighted by Crippen LogP contribution is 2.22. The number of fused-ring (bicyclic) bond motifs is 1. The van der Waals surface area contributed by atoms with Gasteiger partial charge in [0.15, 0.2) is 0 Å². The van der Waals surface area contributed by atoms with E-state index in [0.717, 1.165) is 41.5 Å². The van der Waals surface area contributed by atoms with E-state index < -0.39 is 0 Å². The second kappa shape index (κ2) is 5.67. The number of carbonyl (C=O) groups is 1. The molecule has 0 saturated carbocycles. The molecule has 1 aromatic carbocycles. The van der Waals surface area contributed by atoms with Crippen LogP contribution < -0.4 is 5.32 Å². The van der Waals surface area contributed by atoms with Gasteiger partial charge in [-0.1, -0.05) is 12.1 Å². The van der Waals surface area contributed by atoms with Gasteiger partial charge in [-0.05, 0) is 31.4 Å². The minimum absolute atomic E-state index is 0.0174. The quantitative estimate of drug-likeness (QED) is 0.931. The molecule has 0 spiro atoms. The summed E-state index contributed by atoms with van der Waals surface area (Å²) in [5, 5.41) is 3.95. The first-order chi connectivity index (χ1) is 9.72. The number of hydrogen-bond acceptors (Lipinski definition) is 3. The molecule has 106 valence electrons. The summed E-state index contributed by atoms with van der Waals surface area (Å²) in [6.07, 6.45) is 4.33. The van der Waals surface area contributed by atoms with Gasteiger partial charge in [-0.25, -0.2) is 0 Å². The molecule has 1 atom stereocenters. The van der Waals surface area contributed by atoms with E-state index in [9.17, 15) is 4.79 Å². The molecular weight excluding hydrogens is 254 g/mol. The molecule has 1 amide bonds. The number of benzene rings is 1. The van der Waals surface area contributed by atoms with Crippen LogP contribution in [-0.2, 0) is 16.0 Å². The van der Waals surface area contributed by atoms with Crippen molar-refractivity contribution in [3.05, 3.63) is 35.6 Å². The molecular formula is C16H19NO3.